The largest absolute Gasteiger partial charge is 0.370 e. The fourth-order valence-corrected chi connectivity index (χ4v) is 2.37. The van der Waals surface area contributed by atoms with Crippen molar-refractivity contribution in [2.24, 2.45) is 0 Å². The molecule has 21 heavy (non-hydrogen) atoms. The predicted octanol–water partition coefficient (Wildman–Crippen LogP) is 3.69. The summed E-state index contributed by atoms with van der Waals surface area (Å²) in [4.78, 5) is 13.6. The van der Waals surface area contributed by atoms with E-state index >= 15 is 0 Å². The van der Waals surface area contributed by atoms with Gasteiger partial charge in [0.1, 0.15) is 5.82 Å². The van der Waals surface area contributed by atoms with Gasteiger partial charge in [-0.1, -0.05) is 31.2 Å². The molecule has 3 aromatic rings. The molecule has 0 amide bonds. The highest BCUT2D eigenvalue weighted by molar-refractivity contribution is 5.94. The molecule has 0 unspecified atom stereocenters. The van der Waals surface area contributed by atoms with Crippen molar-refractivity contribution in [3.05, 3.63) is 48.4 Å². The smallest absolute Gasteiger partial charge is 0.163 e. The lowest BCUT2D eigenvalue weighted by Crippen LogP contribution is -2.04. The van der Waals surface area contributed by atoms with Crippen LogP contribution in [0.4, 0.5) is 5.82 Å². The van der Waals surface area contributed by atoms with Gasteiger partial charge in [-0.15, -0.1) is 0 Å². The van der Waals surface area contributed by atoms with Gasteiger partial charge in [-0.25, -0.2) is 9.97 Å². The van der Waals surface area contributed by atoms with Crippen molar-refractivity contribution in [1.29, 1.82) is 0 Å². The molecule has 0 aliphatic rings. The average molecular weight is 278 g/mol. The Labute approximate surface area is 124 Å². The van der Waals surface area contributed by atoms with Crippen molar-refractivity contribution < 1.29 is 0 Å². The van der Waals surface area contributed by atoms with E-state index in [4.69, 9.17) is 0 Å². The van der Waals surface area contributed by atoms with Gasteiger partial charge in [-0.05, 0) is 18.7 Å². The van der Waals surface area contributed by atoms with Crippen molar-refractivity contribution in [3.8, 4) is 11.4 Å². The summed E-state index contributed by atoms with van der Waals surface area (Å²) in [6.45, 7) is 5.00. The van der Waals surface area contributed by atoms with E-state index in [0.29, 0.717) is 0 Å². The molecule has 0 atom stereocenters. The van der Waals surface area contributed by atoms with Crippen molar-refractivity contribution in [1.82, 2.24) is 15.0 Å². The maximum absolute atomic E-state index is 4.66. The first kappa shape index (κ1) is 13.5. The van der Waals surface area contributed by atoms with Crippen molar-refractivity contribution in [2.45, 2.75) is 20.3 Å². The van der Waals surface area contributed by atoms with E-state index in [2.05, 4.69) is 46.2 Å². The van der Waals surface area contributed by atoms with Gasteiger partial charge in [0.05, 0.1) is 0 Å². The summed E-state index contributed by atoms with van der Waals surface area (Å²) < 4.78 is 0. The van der Waals surface area contributed by atoms with Gasteiger partial charge >= 0.3 is 0 Å². The number of aromatic nitrogens is 3. The number of fused-ring (bicyclic) bond motifs is 1. The zero-order valence-corrected chi connectivity index (χ0v) is 12.3. The van der Waals surface area contributed by atoms with E-state index in [0.717, 1.165) is 46.6 Å². The van der Waals surface area contributed by atoms with E-state index in [1.54, 1.807) is 0 Å². The normalized spacial score (nSPS) is 10.8. The minimum absolute atomic E-state index is 0.731. The maximum atomic E-state index is 4.66. The topological polar surface area (TPSA) is 50.7 Å². The highest BCUT2D eigenvalue weighted by Crippen LogP contribution is 2.26. The molecule has 4 nitrogen and oxygen atoms in total. The summed E-state index contributed by atoms with van der Waals surface area (Å²) in [5, 5.41) is 5.50. The molecule has 0 aliphatic carbocycles. The first-order valence-corrected chi connectivity index (χ1v) is 7.26. The Morgan fingerprint density at radius 2 is 1.90 bits per heavy atom. The summed E-state index contributed by atoms with van der Waals surface area (Å²) >= 11 is 0. The van der Waals surface area contributed by atoms with Gasteiger partial charge in [0.25, 0.3) is 0 Å². The Morgan fingerprint density at radius 3 is 2.71 bits per heavy atom. The van der Waals surface area contributed by atoms with Gasteiger partial charge in [0, 0.05) is 41.6 Å². The summed E-state index contributed by atoms with van der Waals surface area (Å²) in [5.41, 5.74) is 2.01. The number of aryl methyl sites for hydroxylation is 1. The zero-order chi connectivity index (χ0) is 14.7. The molecule has 3 rings (SSSR count). The molecule has 0 aliphatic heterocycles. The van der Waals surface area contributed by atoms with Gasteiger partial charge < -0.3 is 5.32 Å². The van der Waals surface area contributed by atoms with Crippen LogP contribution in [0.15, 0.2) is 42.7 Å². The second-order valence-corrected chi connectivity index (χ2v) is 4.86. The molecule has 0 saturated heterocycles. The second-order valence-electron chi connectivity index (χ2n) is 4.86. The number of pyridine rings is 1. The number of benzene rings is 1. The molecule has 1 aromatic carbocycles. The summed E-state index contributed by atoms with van der Waals surface area (Å²) in [5.74, 6) is 1.60. The van der Waals surface area contributed by atoms with Crippen LogP contribution < -0.4 is 5.32 Å². The third-order valence-corrected chi connectivity index (χ3v) is 3.41. The van der Waals surface area contributed by atoms with Crippen LogP contribution in [0.1, 0.15) is 19.5 Å². The maximum Gasteiger partial charge on any atom is 0.163 e. The van der Waals surface area contributed by atoms with Gasteiger partial charge in [0.15, 0.2) is 5.82 Å². The van der Waals surface area contributed by atoms with E-state index in [9.17, 15) is 0 Å². The van der Waals surface area contributed by atoms with Crippen LogP contribution in [0.25, 0.3) is 22.2 Å². The van der Waals surface area contributed by atoms with Crippen molar-refractivity contribution in [2.75, 3.05) is 11.9 Å². The Bertz CT molecular complexity index is 762. The molecule has 4 heteroatoms. The molecular weight excluding hydrogens is 260 g/mol. The van der Waals surface area contributed by atoms with Crippen LogP contribution >= 0.6 is 0 Å². The zero-order valence-electron chi connectivity index (χ0n) is 12.3. The fourth-order valence-electron chi connectivity index (χ4n) is 2.37. The summed E-state index contributed by atoms with van der Waals surface area (Å²) in [6, 6.07) is 10.2. The summed E-state index contributed by atoms with van der Waals surface area (Å²) in [6.07, 6.45) is 4.59. The Morgan fingerprint density at radius 1 is 1.05 bits per heavy atom. The molecule has 0 radical (unpaired) electrons. The lowest BCUT2D eigenvalue weighted by Gasteiger charge is -2.09. The molecule has 106 valence electrons. The molecule has 1 N–H and O–H groups in total. The quantitative estimate of drug-likeness (QED) is 0.791. The third-order valence-electron chi connectivity index (χ3n) is 3.41. The molecule has 2 heterocycles. The monoisotopic (exact) mass is 278 g/mol. The average Bonchev–Trinajstić information content (AvgIpc) is 2.54. The van der Waals surface area contributed by atoms with Crippen LogP contribution in [-0.4, -0.2) is 21.5 Å². The SMILES string of the molecule is CCNc1cc(CC)nc(-c2cncc3ccccc23)n1. The molecule has 0 bridgehead atoms. The minimum atomic E-state index is 0.731. The number of hydrogen-bond acceptors (Lipinski definition) is 4. The van der Waals surface area contributed by atoms with Crippen LogP contribution in [-0.2, 0) is 6.42 Å². The lowest BCUT2D eigenvalue weighted by atomic mass is 10.1. The number of nitrogens with zero attached hydrogens (tertiary/aromatic N) is 3. The van der Waals surface area contributed by atoms with E-state index in [-0.39, 0.29) is 0 Å². The Balaban J connectivity index is 2.20. The van der Waals surface area contributed by atoms with Crippen molar-refractivity contribution in [3.63, 3.8) is 0 Å². The Kier molecular flexibility index (Phi) is 3.77. The fraction of sp³-hybridized carbons (Fsp3) is 0.235. The summed E-state index contributed by atoms with van der Waals surface area (Å²) in [7, 11) is 0. The van der Waals surface area contributed by atoms with E-state index < -0.39 is 0 Å². The minimum Gasteiger partial charge on any atom is -0.370 e. The highest BCUT2D eigenvalue weighted by Gasteiger charge is 2.09. The standard InChI is InChI=1S/C17H18N4/c1-3-13-9-16(19-4-2)21-17(20-13)15-11-18-10-12-7-5-6-8-14(12)15/h5-11H,3-4H2,1-2H3,(H,19,20,21). The highest BCUT2D eigenvalue weighted by atomic mass is 15.0. The Hall–Kier alpha value is -2.49. The predicted molar refractivity (Wildman–Crippen MR) is 86.3 cm³/mol. The molecule has 2 aromatic heterocycles. The second kappa shape index (κ2) is 5.87. The molecule has 0 spiro atoms. The van der Waals surface area contributed by atoms with Gasteiger partial charge in [-0.3, -0.25) is 4.98 Å². The first-order chi connectivity index (χ1) is 10.3. The molecule has 0 saturated carbocycles. The molecular formula is C17H18N4. The van der Waals surface area contributed by atoms with Gasteiger partial charge in [0.2, 0.25) is 0 Å². The molecule has 0 fully saturated rings. The number of rotatable bonds is 4. The third kappa shape index (κ3) is 2.70. The van der Waals surface area contributed by atoms with Crippen LogP contribution in [0.5, 0.6) is 0 Å². The number of anilines is 1. The van der Waals surface area contributed by atoms with Crippen LogP contribution in [0.3, 0.4) is 0 Å². The number of nitrogens with one attached hydrogen (secondary N) is 1. The van der Waals surface area contributed by atoms with E-state index in [1.807, 2.05) is 30.6 Å². The van der Waals surface area contributed by atoms with Crippen LogP contribution in [0.2, 0.25) is 0 Å². The van der Waals surface area contributed by atoms with Gasteiger partial charge in [-0.2, -0.15) is 0 Å². The van der Waals surface area contributed by atoms with Crippen molar-refractivity contribution >= 4 is 16.6 Å². The first-order valence-electron chi connectivity index (χ1n) is 7.26. The number of hydrogen-bond donors (Lipinski definition) is 1. The van der Waals surface area contributed by atoms with Crippen LogP contribution in [0, 0.1) is 0 Å². The van der Waals surface area contributed by atoms with E-state index in [1.165, 1.54) is 0 Å². The lowest BCUT2D eigenvalue weighted by molar-refractivity contribution is 0.998.